The third-order valence-corrected chi connectivity index (χ3v) is 3.12. The Balaban J connectivity index is 1.92. The Bertz CT molecular complexity index is 333. The molecular weight excluding hydrogens is 172 g/mol. The number of hydrogen-bond acceptors (Lipinski definition) is 2. The van der Waals surface area contributed by atoms with Crippen LogP contribution in [0, 0.1) is 18.8 Å². The van der Waals surface area contributed by atoms with Gasteiger partial charge in [0.25, 0.3) is 0 Å². The van der Waals surface area contributed by atoms with Crippen molar-refractivity contribution in [2.45, 2.75) is 20.3 Å². The molecule has 0 aliphatic heterocycles. The van der Waals surface area contributed by atoms with E-state index in [2.05, 4.69) is 24.4 Å². The van der Waals surface area contributed by atoms with E-state index in [9.17, 15) is 0 Å². The van der Waals surface area contributed by atoms with Gasteiger partial charge in [-0.15, -0.1) is 0 Å². The molecule has 0 spiro atoms. The highest BCUT2D eigenvalue weighted by molar-refractivity contribution is 5.58. The Labute approximate surface area is 85.5 Å². The molecule has 2 atom stereocenters. The van der Waals surface area contributed by atoms with Gasteiger partial charge >= 0.3 is 0 Å². The van der Waals surface area contributed by atoms with E-state index in [4.69, 9.17) is 5.73 Å². The SMILES string of the molecule is Cc1ccc(NCC2CC2C)cc1N. The van der Waals surface area contributed by atoms with Gasteiger partial charge in [-0.3, -0.25) is 0 Å². The predicted molar refractivity (Wildman–Crippen MR) is 61.4 cm³/mol. The minimum atomic E-state index is 0.873. The van der Waals surface area contributed by atoms with Crippen LogP contribution in [0.25, 0.3) is 0 Å². The smallest absolute Gasteiger partial charge is 0.0364 e. The molecule has 0 radical (unpaired) electrons. The molecule has 1 fully saturated rings. The predicted octanol–water partition coefficient (Wildman–Crippen LogP) is 2.65. The molecule has 1 aliphatic rings. The first-order valence-corrected chi connectivity index (χ1v) is 5.27. The van der Waals surface area contributed by atoms with Crippen LogP contribution in [0.4, 0.5) is 11.4 Å². The Morgan fingerprint density at radius 3 is 2.79 bits per heavy atom. The van der Waals surface area contributed by atoms with Gasteiger partial charge in [0.1, 0.15) is 0 Å². The van der Waals surface area contributed by atoms with Crippen LogP contribution in [0.1, 0.15) is 18.9 Å². The van der Waals surface area contributed by atoms with E-state index in [0.29, 0.717) is 0 Å². The van der Waals surface area contributed by atoms with E-state index in [1.54, 1.807) is 0 Å². The summed E-state index contributed by atoms with van der Waals surface area (Å²) in [6.45, 7) is 5.42. The number of rotatable bonds is 3. The van der Waals surface area contributed by atoms with Crippen LogP contribution in [0.5, 0.6) is 0 Å². The number of nitrogen functional groups attached to an aromatic ring is 1. The monoisotopic (exact) mass is 190 g/mol. The Morgan fingerprint density at radius 1 is 1.50 bits per heavy atom. The summed E-state index contributed by atoms with van der Waals surface area (Å²) < 4.78 is 0. The summed E-state index contributed by atoms with van der Waals surface area (Å²) in [5.74, 6) is 1.78. The van der Waals surface area contributed by atoms with Gasteiger partial charge in [0, 0.05) is 17.9 Å². The topological polar surface area (TPSA) is 38.0 Å². The van der Waals surface area contributed by atoms with E-state index >= 15 is 0 Å². The maximum atomic E-state index is 5.83. The second kappa shape index (κ2) is 3.52. The molecular formula is C12H18N2. The van der Waals surface area contributed by atoms with Crippen LogP contribution in [0.2, 0.25) is 0 Å². The van der Waals surface area contributed by atoms with Gasteiger partial charge in [-0.05, 0) is 42.9 Å². The van der Waals surface area contributed by atoms with E-state index in [1.807, 2.05) is 13.0 Å². The maximum absolute atomic E-state index is 5.83. The number of benzene rings is 1. The highest BCUT2D eigenvalue weighted by Crippen LogP contribution is 2.37. The molecule has 1 aromatic carbocycles. The normalized spacial score (nSPS) is 24.7. The van der Waals surface area contributed by atoms with Crippen molar-refractivity contribution >= 4 is 11.4 Å². The minimum Gasteiger partial charge on any atom is -0.398 e. The minimum absolute atomic E-state index is 0.873. The van der Waals surface area contributed by atoms with Gasteiger partial charge in [-0.25, -0.2) is 0 Å². The Hall–Kier alpha value is -1.18. The third-order valence-electron chi connectivity index (χ3n) is 3.12. The average Bonchev–Trinajstić information content (AvgIpc) is 2.85. The van der Waals surface area contributed by atoms with Crippen molar-refractivity contribution in [1.82, 2.24) is 0 Å². The van der Waals surface area contributed by atoms with Crippen LogP contribution < -0.4 is 11.1 Å². The number of aryl methyl sites for hydroxylation is 1. The van der Waals surface area contributed by atoms with Gasteiger partial charge in [0.2, 0.25) is 0 Å². The first-order valence-electron chi connectivity index (χ1n) is 5.27. The summed E-state index contributed by atoms with van der Waals surface area (Å²) in [5, 5.41) is 3.43. The van der Waals surface area contributed by atoms with Gasteiger partial charge in [0.05, 0.1) is 0 Å². The molecule has 0 amide bonds. The fourth-order valence-corrected chi connectivity index (χ4v) is 1.68. The second-order valence-electron chi connectivity index (χ2n) is 4.43. The van der Waals surface area contributed by atoms with E-state index in [-0.39, 0.29) is 0 Å². The Kier molecular flexibility index (Phi) is 2.36. The first-order chi connectivity index (χ1) is 6.66. The fraction of sp³-hybridized carbons (Fsp3) is 0.500. The van der Waals surface area contributed by atoms with Crippen LogP contribution >= 0.6 is 0 Å². The van der Waals surface area contributed by atoms with Crippen LogP contribution in [0.3, 0.4) is 0 Å². The lowest BCUT2D eigenvalue weighted by molar-refractivity contribution is 0.787. The van der Waals surface area contributed by atoms with Crippen LogP contribution in [-0.4, -0.2) is 6.54 Å². The summed E-state index contributed by atoms with van der Waals surface area (Å²) in [7, 11) is 0. The molecule has 3 N–H and O–H groups in total. The zero-order valence-electron chi connectivity index (χ0n) is 8.88. The summed E-state index contributed by atoms with van der Waals surface area (Å²) in [5.41, 5.74) is 9.00. The lowest BCUT2D eigenvalue weighted by atomic mass is 10.2. The molecule has 1 aromatic rings. The highest BCUT2D eigenvalue weighted by atomic mass is 14.9. The van der Waals surface area contributed by atoms with E-state index < -0.39 is 0 Å². The lowest BCUT2D eigenvalue weighted by Gasteiger charge is -2.07. The molecule has 0 saturated heterocycles. The van der Waals surface area contributed by atoms with Crippen molar-refractivity contribution in [3.8, 4) is 0 Å². The van der Waals surface area contributed by atoms with Crippen molar-refractivity contribution in [2.24, 2.45) is 11.8 Å². The quantitative estimate of drug-likeness (QED) is 0.719. The molecule has 2 unspecified atom stereocenters. The van der Waals surface area contributed by atoms with Gasteiger partial charge in [0.15, 0.2) is 0 Å². The standard InChI is InChI=1S/C12H18N2/c1-8-3-4-11(6-12(8)13)14-7-10-5-9(10)2/h3-4,6,9-10,14H,5,7,13H2,1-2H3. The molecule has 14 heavy (non-hydrogen) atoms. The molecule has 1 saturated carbocycles. The lowest BCUT2D eigenvalue weighted by Crippen LogP contribution is -2.04. The van der Waals surface area contributed by atoms with Crippen LogP contribution in [0.15, 0.2) is 18.2 Å². The van der Waals surface area contributed by atoms with Crippen molar-refractivity contribution in [1.29, 1.82) is 0 Å². The van der Waals surface area contributed by atoms with Crippen molar-refractivity contribution in [3.05, 3.63) is 23.8 Å². The molecule has 0 aromatic heterocycles. The summed E-state index contributed by atoms with van der Waals surface area (Å²) >= 11 is 0. The van der Waals surface area contributed by atoms with Crippen molar-refractivity contribution in [3.63, 3.8) is 0 Å². The summed E-state index contributed by atoms with van der Waals surface area (Å²) in [6, 6.07) is 6.18. The Morgan fingerprint density at radius 2 is 2.21 bits per heavy atom. The van der Waals surface area contributed by atoms with Gasteiger partial charge in [-0.1, -0.05) is 13.0 Å². The van der Waals surface area contributed by atoms with E-state index in [0.717, 1.165) is 35.3 Å². The zero-order valence-corrected chi connectivity index (χ0v) is 8.88. The first kappa shape index (κ1) is 9.38. The van der Waals surface area contributed by atoms with Gasteiger partial charge < -0.3 is 11.1 Å². The average molecular weight is 190 g/mol. The molecule has 76 valence electrons. The maximum Gasteiger partial charge on any atom is 0.0364 e. The van der Waals surface area contributed by atoms with Crippen molar-refractivity contribution in [2.75, 3.05) is 17.6 Å². The molecule has 1 aliphatic carbocycles. The molecule has 0 bridgehead atoms. The largest absolute Gasteiger partial charge is 0.398 e. The number of nitrogens with one attached hydrogen (secondary N) is 1. The van der Waals surface area contributed by atoms with Gasteiger partial charge in [-0.2, -0.15) is 0 Å². The number of hydrogen-bond donors (Lipinski definition) is 2. The number of nitrogens with two attached hydrogens (primary N) is 1. The number of anilines is 2. The second-order valence-corrected chi connectivity index (χ2v) is 4.43. The van der Waals surface area contributed by atoms with Crippen LogP contribution in [-0.2, 0) is 0 Å². The van der Waals surface area contributed by atoms with E-state index in [1.165, 1.54) is 6.42 Å². The van der Waals surface area contributed by atoms with Crippen molar-refractivity contribution < 1.29 is 0 Å². The molecule has 2 nitrogen and oxygen atoms in total. The zero-order chi connectivity index (χ0) is 10.1. The summed E-state index contributed by atoms with van der Waals surface area (Å²) in [6.07, 6.45) is 1.37. The molecule has 2 rings (SSSR count). The molecule has 2 heteroatoms. The summed E-state index contributed by atoms with van der Waals surface area (Å²) in [4.78, 5) is 0. The highest BCUT2D eigenvalue weighted by Gasteiger charge is 2.31. The molecule has 0 heterocycles. The third kappa shape index (κ3) is 2.00. The fourth-order valence-electron chi connectivity index (χ4n) is 1.68.